The minimum absolute atomic E-state index is 0.172. The normalized spacial score (nSPS) is 29.7. The molecule has 5 aliphatic rings. The highest BCUT2D eigenvalue weighted by Gasteiger charge is 2.59. The van der Waals surface area contributed by atoms with Crippen LogP contribution in [0.2, 0.25) is 0 Å². The van der Waals surface area contributed by atoms with Gasteiger partial charge in [0.05, 0.1) is 22.5 Å². The Hall–Kier alpha value is -4.52. The summed E-state index contributed by atoms with van der Waals surface area (Å²) in [5.74, 6) is -0.592. The topological polar surface area (TPSA) is 160 Å². The highest BCUT2D eigenvalue weighted by molar-refractivity contribution is 7.91. The monoisotopic (exact) mass is 740 g/mol. The minimum Gasteiger partial charge on any atom is -0.483 e. The minimum atomic E-state index is -3.96. The van der Waals surface area contributed by atoms with E-state index in [1.807, 2.05) is 61.5 Å². The fraction of sp³-hybridized carbons (Fsp3) is 0.525. The number of hydrogen-bond acceptors (Lipinski definition) is 9. The summed E-state index contributed by atoms with van der Waals surface area (Å²) in [4.78, 5) is 54.6. The van der Waals surface area contributed by atoms with Crippen molar-refractivity contribution in [1.82, 2.24) is 24.9 Å². The number of anilines is 1. The van der Waals surface area contributed by atoms with Crippen molar-refractivity contribution in [3.63, 3.8) is 0 Å². The zero-order valence-electron chi connectivity index (χ0n) is 30.4. The molecular weight excluding hydrogens is 693 g/mol. The Labute approximate surface area is 310 Å². The molecule has 12 nitrogen and oxygen atoms in total. The fourth-order valence-corrected chi connectivity index (χ4v) is 9.95. The first kappa shape index (κ1) is 35.5. The maximum atomic E-state index is 14.8. The lowest BCUT2D eigenvalue weighted by atomic mass is 9.65. The summed E-state index contributed by atoms with van der Waals surface area (Å²) < 4.78 is 34.9. The zero-order valence-corrected chi connectivity index (χ0v) is 31.2. The SMILES string of the molecule is Cc1nc2ccccc2c2c1OC1(CC2)CC2C(=O)NC3(C(=O)NS(=O)(=O)C4(C)CC4)CCC3C=CCCCCCC(Nc3ccccn3)C(=O)N2C1. The highest BCUT2D eigenvalue weighted by atomic mass is 32.2. The van der Waals surface area contributed by atoms with Gasteiger partial charge in [-0.3, -0.25) is 19.1 Å². The molecule has 3 N–H and O–H groups in total. The number of hydrogen-bond donors (Lipinski definition) is 3. The van der Waals surface area contributed by atoms with Crippen LogP contribution >= 0.6 is 0 Å². The summed E-state index contributed by atoms with van der Waals surface area (Å²) in [5, 5.41) is 7.45. The van der Waals surface area contributed by atoms with Gasteiger partial charge >= 0.3 is 0 Å². The molecule has 0 bridgehead atoms. The summed E-state index contributed by atoms with van der Waals surface area (Å²) in [7, 11) is -3.96. The fourth-order valence-electron chi connectivity index (χ4n) is 8.64. The Morgan fingerprint density at radius 1 is 1.02 bits per heavy atom. The Bertz CT molecular complexity index is 2090. The first-order valence-electron chi connectivity index (χ1n) is 19.0. The predicted octanol–water partition coefficient (Wildman–Crippen LogP) is 4.87. The second-order valence-electron chi connectivity index (χ2n) is 16.0. The van der Waals surface area contributed by atoms with Crippen molar-refractivity contribution >= 4 is 44.5 Å². The van der Waals surface area contributed by atoms with Crippen molar-refractivity contribution in [3.8, 4) is 5.75 Å². The van der Waals surface area contributed by atoms with Gasteiger partial charge in [-0.05, 0) is 89.8 Å². The Kier molecular flexibility index (Phi) is 8.98. The van der Waals surface area contributed by atoms with E-state index in [4.69, 9.17) is 9.72 Å². The van der Waals surface area contributed by atoms with E-state index in [0.717, 1.165) is 47.8 Å². The molecule has 280 valence electrons. The number of carbonyl (C=O) groups excluding carboxylic acids is 3. The van der Waals surface area contributed by atoms with Crippen LogP contribution in [-0.4, -0.2) is 75.5 Å². The van der Waals surface area contributed by atoms with Gasteiger partial charge in [0.15, 0.2) is 0 Å². The standard InChI is InChI=1S/C40H48N6O6S/c1-26-34-29(28-13-8-9-14-30(28)42-26)18-19-39(52-34)24-32-35(47)44-40(37(49)45-53(50,51)38(2)21-22-38)20-17-27(40)12-6-4-3-5-7-15-31(36(48)46(32)25-39)43-33-16-10-11-23-41-33/h6,8-14,16,23,27,31-32H,3-5,7,15,17-22,24-25H2,1-2H3,(H,41,43)(H,44,47)(H,45,49). The van der Waals surface area contributed by atoms with Crippen molar-refractivity contribution in [2.75, 3.05) is 11.9 Å². The molecule has 8 rings (SSSR count). The van der Waals surface area contributed by atoms with Gasteiger partial charge in [-0.15, -0.1) is 0 Å². The van der Waals surface area contributed by atoms with Gasteiger partial charge < -0.3 is 20.3 Å². The molecule has 2 saturated carbocycles. The Balaban J connectivity index is 1.16. The van der Waals surface area contributed by atoms with Crippen LogP contribution in [0, 0.1) is 12.8 Å². The van der Waals surface area contributed by atoms with E-state index in [2.05, 4.69) is 20.3 Å². The number of pyridine rings is 2. The average Bonchev–Trinajstić information content (AvgIpc) is 3.80. The molecule has 53 heavy (non-hydrogen) atoms. The van der Waals surface area contributed by atoms with Gasteiger partial charge in [0.2, 0.25) is 21.8 Å². The number of amides is 3. The van der Waals surface area contributed by atoms with Gasteiger partial charge in [-0.2, -0.15) is 0 Å². The number of nitrogens with zero attached hydrogens (tertiary/aromatic N) is 3. The molecule has 0 radical (unpaired) electrons. The third-order valence-electron chi connectivity index (χ3n) is 12.3. The molecule has 1 spiro atoms. The Morgan fingerprint density at radius 2 is 1.83 bits per heavy atom. The maximum Gasteiger partial charge on any atom is 0.259 e. The predicted molar refractivity (Wildman–Crippen MR) is 200 cm³/mol. The lowest BCUT2D eigenvalue weighted by Gasteiger charge is -2.48. The van der Waals surface area contributed by atoms with Crippen LogP contribution in [0.25, 0.3) is 10.9 Å². The molecule has 3 fully saturated rings. The molecule has 5 heterocycles. The van der Waals surface area contributed by atoms with Crippen molar-refractivity contribution in [3.05, 3.63) is 72.1 Å². The number of carbonyl (C=O) groups is 3. The lowest BCUT2D eigenvalue weighted by molar-refractivity contribution is -0.144. The van der Waals surface area contributed by atoms with Gasteiger partial charge in [0.1, 0.15) is 34.8 Å². The third-order valence-corrected chi connectivity index (χ3v) is 14.5. The number of ether oxygens (including phenoxy) is 1. The van der Waals surface area contributed by atoms with E-state index < -0.39 is 55.7 Å². The van der Waals surface area contributed by atoms with Crippen LogP contribution in [0.15, 0.2) is 60.8 Å². The number of sulfonamides is 1. The van der Waals surface area contributed by atoms with Gasteiger partial charge in [-0.1, -0.05) is 49.3 Å². The van der Waals surface area contributed by atoms with Crippen LogP contribution in [0.3, 0.4) is 0 Å². The number of benzene rings is 1. The second kappa shape index (κ2) is 13.4. The molecular formula is C40H48N6O6S. The van der Waals surface area contributed by atoms with Crippen molar-refractivity contribution in [1.29, 1.82) is 0 Å². The van der Waals surface area contributed by atoms with Crippen LogP contribution < -0.4 is 20.1 Å². The van der Waals surface area contributed by atoms with E-state index in [1.165, 1.54) is 0 Å². The zero-order chi connectivity index (χ0) is 37.0. The molecule has 3 amide bonds. The number of aromatic nitrogens is 2. The lowest BCUT2D eigenvalue weighted by Crippen LogP contribution is -2.70. The molecule has 2 aliphatic carbocycles. The van der Waals surface area contributed by atoms with E-state index in [1.54, 1.807) is 18.0 Å². The summed E-state index contributed by atoms with van der Waals surface area (Å²) in [6, 6.07) is 11.8. The van der Waals surface area contributed by atoms with E-state index in [-0.39, 0.29) is 25.3 Å². The highest BCUT2D eigenvalue weighted by Crippen LogP contribution is 2.47. The number of para-hydroxylation sites is 1. The molecule has 1 saturated heterocycles. The molecule has 3 aromatic rings. The van der Waals surface area contributed by atoms with E-state index in [0.29, 0.717) is 50.1 Å². The maximum absolute atomic E-state index is 14.8. The summed E-state index contributed by atoms with van der Waals surface area (Å²) >= 11 is 0. The summed E-state index contributed by atoms with van der Waals surface area (Å²) in [6.45, 7) is 3.73. The summed E-state index contributed by atoms with van der Waals surface area (Å²) in [5.41, 5.74) is 0.364. The van der Waals surface area contributed by atoms with Gasteiger partial charge in [-0.25, -0.2) is 18.4 Å². The van der Waals surface area contributed by atoms with E-state index in [9.17, 15) is 22.8 Å². The van der Waals surface area contributed by atoms with Crippen LogP contribution in [0.1, 0.15) is 88.8 Å². The van der Waals surface area contributed by atoms with Crippen LogP contribution in [0.4, 0.5) is 5.82 Å². The van der Waals surface area contributed by atoms with Crippen molar-refractivity contribution < 1.29 is 27.5 Å². The Morgan fingerprint density at radius 3 is 2.58 bits per heavy atom. The summed E-state index contributed by atoms with van der Waals surface area (Å²) in [6.07, 6.45) is 12.8. The van der Waals surface area contributed by atoms with Crippen molar-refractivity contribution in [2.24, 2.45) is 5.92 Å². The molecule has 3 aliphatic heterocycles. The first-order chi connectivity index (χ1) is 25.4. The van der Waals surface area contributed by atoms with Crippen molar-refractivity contribution in [2.45, 2.75) is 119 Å². The quantitative estimate of drug-likeness (QED) is 0.311. The number of fused-ring (bicyclic) bond motifs is 5. The number of rotatable bonds is 5. The molecule has 5 atom stereocenters. The number of nitrogens with one attached hydrogen (secondary N) is 3. The molecule has 5 unspecified atom stereocenters. The molecule has 13 heteroatoms. The van der Waals surface area contributed by atoms with Gasteiger partial charge in [0.25, 0.3) is 5.91 Å². The van der Waals surface area contributed by atoms with Crippen LogP contribution in [-0.2, 0) is 30.8 Å². The van der Waals surface area contributed by atoms with Gasteiger partial charge in [0, 0.05) is 29.5 Å². The van der Waals surface area contributed by atoms with Crippen LogP contribution in [0.5, 0.6) is 5.75 Å². The van der Waals surface area contributed by atoms with E-state index >= 15 is 0 Å². The second-order valence-corrected chi connectivity index (χ2v) is 18.2. The first-order valence-corrected chi connectivity index (χ1v) is 20.5. The largest absolute Gasteiger partial charge is 0.483 e. The smallest absolute Gasteiger partial charge is 0.259 e. The average molecular weight is 741 g/mol. The molecule has 2 aromatic heterocycles. The number of aryl methyl sites for hydroxylation is 2. The third kappa shape index (κ3) is 6.44. The number of allylic oxidation sites excluding steroid dienone is 1. The molecule has 1 aromatic carbocycles.